The van der Waals surface area contributed by atoms with Crippen LogP contribution in [-0.2, 0) is 14.9 Å². The molecule has 2 amide bonds. The van der Waals surface area contributed by atoms with E-state index in [0.717, 1.165) is 29.5 Å². The number of nitrogens with one attached hydrogen (secondary N) is 1. The van der Waals surface area contributed by atoms with Gasteiger partial charge in [0.2, 0.25) is 5.91 Å². The zero-order valence-corrected chi connectivity index (χ0v) is 21.0. The molecule has 3 aliphatic rings. The number of guanidine groups is 1. The van der Waals surface area contributed by atoms with E-state index in [1.165, 1.54) is 4.90 Å². The molecule has 0 aromatic heterocycles. The molecule has 8 heteroatoms. The third-order valence-electron chi connectivity index (χ3n) is 7.75. The number of aliphatic hydroxyl groups excluding tert-OH is 1. The number of carbonyl (C=O) groups excluding carboxylic acids is 2. The minimum absolute atomic E-state index is 0.108. The fourth-order valence-electron chi connectivity index (χ4n) is 5.83. The number of carbonyl (C=O) groups is 2. The SMILES string of the molecule is COCC[C@H](c1cccc(C(=O)NC2c3ccccc3C3(CC3)C2O)c1)N1C(=O)CC(C)(C)N=C1N. The summed E-state index contributed by atoms with van der Waals surface area (Å²) in [7, 11) is 1.61. The molecule has 1 spiro atoms. The maximum atomic E-state index is 13.4. The van der Waals surface area contributed by atoms with E-state index in [2.05, 4.69) is 16.4 Å². The van der Waals surface area contributed by atoms with Gasteiger partial charge < -0.3 is 20.9 Å². The molecule has 0 saturated heterocycles. The molecule has 1 aliphatic heterocycles. The zero-order chi connectivity index (χ0) is 25.7. The predicted octanol–water partition coefficient (Wildman–Crippen LogP) is 2.97. The van der Waals surface area contributed by atoms with Crippen LogP contribution in [0.2, 0.25) is 0 Å². The molecule has 3 atom stereocenters. The van der Waals surface area contributed by atoms with Gasteiger partial charge in [-0.15, -0.1) is 0 Å². The maximum Gasteiger partial charge on any atom is 0.251 e. The Kier molecular flexibility index (Phi) is 6.12. The van der Waals surface area contributed by atoms with E-state index < -0.39 is 23.7 Å². The van der Waals surface area contributed by atoms with E-state index >= 15 is 0 Å². The summed E-state index contributed by atoms with van der Waals surface area (Å²) in [4.78, 5) is 32.5. The zero-order valence-electron chi connectivity index (χ0n) is 21.0. The van der Waals surface area contributed by atoms with E-state index in [1.807, 2.05) is 38.1 Å². The highest BCUT2D eigenvalue weighted by molar-refractivity contribution is 5.99. The number of fused-ring (bicyclic) bond motifs is 2. The molecule has 2 aromatic carbocycles. The molecule has 0 radical (unpaired) electrons. The highest BCUT2D eigenvalue weighted by Gasteiger charge is 2.59. The Bertz CT molecular complexity index is 1220. The number of hydrogen-bond donors (Lipinski definition) is 3. The van der Waals surface area contributed by atoms with Crippen LogP contribution < -0.4 is 11.1 Å². The third kappa shape index (κ3) is 4.18. The third-order valence-corrected chi connectivity index (χ3v) is 7.75. The van der Waals surface area contributed by atoms with E-state index in [1.54, 1.807) is 25.3 Å². The minimum atomic E-state index is -0.651. The first-order valence-corrected chi connectivity index (χ1v) is 12.5. The lowest BCUT2D eigenvalue weighted by Gasteiger charge is -2.38. The molecule has 36 heavy (non-hydrogen) atoms. The number of benzene rings is 2. The quantitative estimate of drug-likeness (QED) is 0.552. The molecule has 190 valence electrons. The largest absolute Gasteiger partial charge is 0.390 e. The fourth-order valence-corrected chi connectivity index (χ4v) is 5.83. The highest BCUT2D eigenvalue weighted by Crippen LogP contribution is 2.59. The predicted molar refractivity (Wildman–Crippen MR) is 136 cm³/mol. The minimum Gasteiger partial charge on any atom is -0.390 e. The van der Waals surface area contributed by atoms with Gasteiger partial charge in [-0.3, -0.25) is 14.5 Å². The van der Waals surface area contributed by atoms with Crippen molar-refractivity contribution in [2.24, 2.45) is 10.7 Å². The van der Waals surface area contributed by atoms with Gasteiger partial charge in [0.15, 0.2) is 5.96 Å². The summed E-state index contributed by atoms with van der Waals surface area (Å²) in [5.41, 5.74) is 8.82. The summed E-state index contributed by atoms with van der Waals surface area (Å²) in [6.07, 6.45) is 1.96. The standard InChI is InChI=1S/C28H34N4O4/c1-27(2)16-22(33)32(26(29)31-27)21(11-14-36-3)17-7-6-8-18(15-17)25(35)30-23-19-9-4-5-10-20(19)28(12-13-28)24(23)34/h4-10,15,21,23-24,34H,11-14,16H2,1-3H3,(H2,29,31)(H,30,35)/t21-,23?,24?/m1/s1. The van der Waals surface area contributed by atoms with Crippen molar-refractivity contribution in [3.63, 3.8) is 0 Å². The second-order valence-corrected chi connectivity index (χ2v) is 10.8. The Balaban J connectivity index is 1.42. The number of aliphatic imine (C=N–C) groups is 1. The van der Waals surface area contributed by atoms with Gasteiger partial charge in [-0.05, 0) is 61.9 Å². The van der Waals surface area contributed by atoms with Crippen LogP contribution >= 0.6 is 0 Å². The smallest absolute Gasteiger partial charge is 0.251 e. The summed E-state index contributed by atoms with van der Waals surface area (Å²) < 4.78 is 5.31. The monoisotopic (exact) mass is 490 g/mol. The Morgan fingerprint density at radius 2 is 2.00 bits per heavy atom. The molecule has 1 heterocycles. The molecular weight excluding hydrogens is 456 g/mol. The van der Waals surface area contributed by atoms with Crippen molar-refractivity contribution in [3.8, 4) is 0 Å². The highest BCUT2D eigenvalue weighted by atomic mass is 16.5. The Hall–Kier alpha value is -3.23. The molecule has 8 nitrogen and oxygen atoms in total. The number of rotatable bonds is 7. The Morgan fingerprint density at radius 3 is 2.69 bits per heavy atom. The summed E-state index contributed by atoms with van der Waals surface area (Å²) in [6, 6.07) is 14.3. The van der Waals surface area contributed by atoms with E-state index in [-0.39, 0.29) is 29.6 Å². The van der Waals surface area contributed by atoms with E-state index in [4.69, 9.17) is 10.5 Å². The summed E-state index contributed by atoms with van der Waals surface area (Å²) >= 11 is 0. The Morgan fingerprint density at radius 1 is 1.25 bits per heavy atom. The lowest BCUT2D eigenvalue weighted by Crippen LogP contribution is -2.51. The van der Waals surface area contributed by atoms with Crippen molar-refractivity contribution in [2.75, 3.05) is 13.7 Å². The van der Waals surface area contributed by atoms with Gasteiger partial charge in [0, 0.05) is 24.7 Å². The van der Waals surface area contributed by atoms with Crippen molar-refractivity contribution >= 4 is 17.8 Å². The number of nitrogens with zero attached hydrogens (tertiary/aromatic N) is 2. The number of methoxy groups -OCH3 is 1. The van der Waals surface area contributed by atoms with Crippen LogP contribution in [0.5, 0.6) is 0 Å². The van der Waals surface area contributed by atoms with Gasteiger partial charge in [-0.1, -0.05) is 36.4 Å². The second-order valence-electron chi connectivity index (χ2n) is 10.8. The van der Waals surface area contributed by atoms with E-state index in [0.29, 0.717) is 18.6 Å². The summed E-state index contributed by atoms with van der Waals surface area (Å²) in [5.74, 6) is -0.205. The van der Waals surface area contributed by atoms with Crippen LogP contribution in [0, 0.1) is 0 Å². The molecule has 5 rings (SSSR count). The van der Waals surface area contributed by atoms with Crippen LogP contribution in [0.4, 0.5) is 0 Å². The maximum absolute atomic E-state index is 13.4. The van der Waals surface area contributed by atoms with Gasteiger partial charge in [0.25, 0.3) is 5.91 Å². The first kappa shape index (κ1) is 24.5. The topological polar surface area (TPSA) is 117 Å². The molecular formula is C28H34N4O4. The van der Waals surface area contributed by atoms with Gasteiger partial charge in [-0.2, -0.15) is 0 Å². The average molecular weight is 491 g/mol. The normalized spacial score (nSPS) is 24.3. The van der Waals surface area contributed by atoms with Gasteiger partial charge in [0.1, 0.15) is 0 Å². The van der Waals surface area contributed by atoms with Crippen molar-refractivity contribution in [1.82, 2.24) is 10.2 Å². The second kappa shape index (κ2) is 9.01. The summed E-state index contributed by atoms with van der Waals surface area (Å²) in [6.45, 7) is 4.17. The van der Waals surface area contributed by atoms with Gasteiger partial charge in [0.05, 0.1) is 30.1 Å². The summed E-state index contributed by atoms with van der Waals surface area (Å²) in [5, 5.41) is 14.2. The average Bonchev–Trinajstić information content (AvgIpc) is 3.61. The first-order chi connectivity index (χ1) is 17.2. The van der Waals surface area contributed by atoms with Crippen LogP contribution in [0.1, 0.15) is 78.7 Å². The van der Waals surface area contributed by atoms with Crippen molar-refractivity contribution in [1.29, 1.82) is 0 Å². The van der Waals surface area contributed by atoms with Crippen LogP contribution in [-0.4, -0.2) is 53.1 Å². The van der Waals surface area contributed by atoms with Crippen LogP contribution in [0.25, 0.3) is 0 Å². The first-order valence-electron chi connectivity index (χ1n) is 12.5. The van der Waals surface area contributed by atoms with Gasteiger partial charge >= 0.3 is 0 Å². The van der Waals surface area contributed by atoms with Crippen molar-refractivity contribution in [2.45, 2.75) is 68.7 Å². The molecule has 1 saturated carbocycles. The molecule has 2 unspecified atom stereocenters. The van der Waals surface area contributed by atoms with Gasteiger partial charge in [-0.25, -0.2) is 4.99 Å². The number of aliphatic hydroxyl groups is 1. The number of nitrogens with two attached hydrogens (primary N) is 1. The van der Waals surface area contributed by atoms with Crippen molar-refractivity contribution < 1.29 is 19.4 Å². The lowest BCUT2D eigenvalue weighted by molar-refractivity contribution is -0.131. The Labute approximate surface area is 211 Å². The fraction of sp³-hybridized carbons (Fsp3) is 0.464. The van der Waals surface area contributed by atoms with Crippen LogP contribution in [0.3, 0.4) is 0 Å². The van der Waals surface area contributed by atoms with Crippen molar-refractivity contribution in [3.05, 3.63) is 70.8 Å². The molecule has 0 bridgehead atoms. The number of hydrogen-bond acceptors (Lipinski definition) is 6. The molecule has 4 N–H and O–H groups in total. The molecule has 2 aromatic rings. The number of amides is 2. The van der Waals surface area contributed by atoms with E-state index in [9.17, 15) is 14.7 Å². The lowest BCUT2D eigenvalue weighted by atomic mass is 9.95. The molecule has 2 aliphatic carbocycles. The number of ether oxygens (including phenoxy) is 1. The van der Waals surface area contributed by atoms with Crippen LogP contribution in [0.15, 0.2) is 53.5 Å². The molecule has 1 fully saturated rings.